The van der Waals surface area contributed by atoms with Crippen LogP contribution >= 0.6 is 0 Å². The number of rotatable bonds is 6. The first-order valence-corrected chi connectivity index (χ1v) is 6.37. The molecule has 0 radical (unpaired) electrons. The number of carbonyl (C=O) groups excluding carboxylic acids is 1. The van der Waals surface area contributed by atoms with Crippen LogP contribution in [0.1, 0.15) is 43.6 Å². The molecule has 0 N–H and O–H groups in total. The van der Waals surface area contributed by atoms with Gasteiger partial charge in [0.2, 0.25) is 0 Å². The quantitative estimate of drug-likeness (QED) is 0.725. The van der Waals surface area contributed by atoms with Gasteiger partial charge in [-0.25, -0.2) is 0 Å². The third-order valence-corrected chi connectivity index (χ3v) is 3.12. The van der Waals surface area contributed by atoms with E-state index in [0.29, 0.717) is 17.6 Å². The summed E-state index contributed by atoms with van der Waals surface area (Å²) in [6.07, 6.45) is 0.873. The molecule has 1 rings (SSSR count). The number of benzene rings is 1. The lowest BCUT2D eigenvalue weighted by molar-refractivity contribution is 0.112. The summed E-state index contributed by atoms with van der Waals surface area (Å²) in [5.74, 6) is 0.840. The van der Waals surface area contributed by atoms with E-state index in [0.717, 1.165) is 24.1 Å². The van der Waals surface area contributed by atoms with Crippen LogP contribution in [0.25, 0.3) is 0 Å². The Morgan fingerprint density at radius 2 is 1.83 bits per heavy atom. The third kappa shape index (κ3) is 3.57. The lowest BCUT2D eigenvalue weighted by Crippen LogP contribution is -2.36. The normalized spacial score (nSPS) is 11.3. The van der Waals surface area contributed by atoms with Crippen molar-refractivity contribution in [2.45, 2.75) is 46.3 Å². The Morgan fingerprint density at radius 1 is 1.22 bits per heavy atom. The van der Waals surface area contributed by atoms with Crippen molar-refractivity contribution < 1.29 is 9.53 Å². The molecule has 0 heterocycles. The van der Waals surface area contributed by atoms with Gasteiger partial charge in [0.15, 0.2) is 0 Å². The van der Waals surface area contributed by atoms with Crippen molar-refractivity contribution in [1.82, 2.24) is 4.90 Å². The third-order valence-electron chi connectivity index (χ3n) is 3.12. The largest absolute Gasteiger partial charge is 0.496 e. The molecule has 0 saturated heterocycles. The molecule has 0 spiro atoms. The van der Waals surface area contributed by atoms with Gasteiger partial charge in [-0.1, -0.05) is 0 Å². The van der Waals surface area contributed by atoms with Gasteiger partial charge >= 0.3 is 0 Å². The highest BCUT2D eigenvalue weighted by Gasteiger charge is 2.16. The molecule has 0 amide bonds. The van der Waals surface area contributed by atoms with Crippen LogP contribution in [-0.2, 0) is 6.54 Å². The van der Waals surface area contributed by atoms with Gasteiger partial charge in [-0.2, -0.15) is 0 Å². The van der Waals surface area contributed by atoms with Crippen molar-refractivity contribution in [3.63, 3.8) is 0 Å². The number of methoxy groups -OCH3 is 1. The highest BCUT2D eigenvalue weighted by Crippen LogP contribution is 2.23. The van der Waals surface area contributed by atoms with E-state index >= 15 is 0 Å². The first-order chi connectivity index (χ1) is 8.49. The van der Waals surface area contributed by atoms with E-state index in [9.17, 15) is 4.79 Å². The maximum absolute atomic E-state index is 10.9. The lowest BCUT2D eigenvalue weighted by Gasteiger charge is -2.31. The second-order valence-electron chi connectivity index (χ2n) is 5.05. The molecule has 100 valence electrons. The van der Waals surface area contributed by atoms with Crippen LogP contribution in [0.5, 0.6) is 5.75 Å². The van der Waals surface area contributed by atoms with E-state index in [1.165, 1.54) is 0 Å². The standard InChI is InChI=1S/C15H23NO2/c1-11(2)16(12(3)4)9-14-8-13(10-17)6-7-15(14)18-5/h6-8,10-12H,9H2,1-5H3. The minimum absolute atomic E-state index is 0.453. The smallest absolute Gasteiger partial charge is 0.150 e. The molecule has 0 bridgehead atoms. The molecule has 0 aliphatic heterocycles. The molecule has 0 aliphatic rings. The molecule has 18 heavy (non-hydrogen) atoms. The molecular weight excluding hydrogens is 226 g/mol. The molecule has 1 aromatic carbocycles. The van der Waals surface area contributed by atoms with Crippen molar-refractivity contribution in [3.05, 3.63) is 29.3 Å². The predicted octanol–water partition coefficient (Wildman–Crippen LogP) is 3.13. The van der Waals surface area contributed by atoms with Crippen molar-refractivity contribution in [3.8, 4) is 5.75 Å². The molecule has 0 unspecified atom stereocenters. The average Bonchev–Trinajstić information content (AvgIpc) is 2.34. The molecule has 0 fully saturated rings. The van der Waals surface area contributed by atoms with Crippen LogP contribution in [0.2, 0.25) is 0 Å². The Balaban J connectivity index is 3.03. The summed E-state index contributed by atoms with van der Waals surface area (Å²) in [6.45, 7) is 9.50. The summed E-state index contributed by atoms with van der Waals surface area (Å²) in [5.41, 5.74) is 1.75. The first kappa shape index (κ1) is 14.7. The highest BCUT2D eigenvalue weighted by molar-refractivity contribution is 5.75. The molecular formula is C15H23NO2. The number of nitrogens with zero attached hydrogens (tertiary/aromatic N) is 1. The van der Waals surface area contributed by atoms with Gasteiger partial charge in [0.25, 0.3) is 0 Å². The lowest BCUT2D eigenvalue weighted by atomic mass is 10.1. The second kappa shape index (κ2) is 6.55. The maximum Gasteiger partial charge on any atom is 0.150 e. The van der Waals surface area contributed by atoms with Crippen LogP contribution in [-0.4, -0.2) is 30.4 Å². The second-order valence-corrected chi connectivity index (χ2v) is 5.05. The van der Waals surface area contributed by atoms with E-state index in [1.54, 1.807) is 13.2 Å². The summed E-state index contributed by atoms with van der Waals surface area (Å²) >= 11 is 0. The summed E-state index contributed by atoms with van der Waals surface area (Å²) < 4.78 is 5.36. The van der Waals surface area contributed by atoms with E-state index < -0.39 is 0 Å². The van der Waals surface area contributed by atoms with Gasteiger partial charge in [0.1, 0.15) is 12.0 Å². The van der Waals surface area contributed by atoms with Gasteiger partial charge in [-0.05, 0) is 45.9 Å². The van der Waals surface area contributed by atoms with Gasteiger partial charge in [-0.3, -0.25) is 9.69 Å². The first-order valence-electron chi connectivity index (χ1n) is 6.37. The van der Waals surface area contributed by atoms with Crippen LogP contribution in [0, 0.1) is 0 Å². The molecule has 0 atom stereocenters. The summed E-state index contributed by atoms with van der Waals surface area (Å²) in [5, 5.41) is 0. The number of carbonyl (C=O) groups is 1. The Labute approximate surface area is 110 Å². The molecule has 3 heteroatoms. The molecule has 1 aromatic rings. The predicted molar refractivity (Wildman–Crippen MR) is 74.2 cm³/mol. The van der Waals surface area contributed by atoms with Crippen molar-refractivity contribution in [2.24, 2.45) is 0 Å². The Morgan fingerprint density at radius 3 is 2.28 bits per heavy atom. The van der Waals surface area contributed by atoms with E-state index in [2.05, 4.69) is 32.6 Å². The average molecular weight is 249 g/mol. The maximum atomic E-state index is 10.9. The fourth-order valence-electron chi connectivity index (χ4n) is 2.15. The zero-order chi connectivity index (χ0) is 13.7. The van der Waals surface area contributed by atoms with Crippen molar-refractivity contribution >= 4 is 6.29 Å². The van der Waals surface area contributed by atoms with E-state index in [4.69, 9.17) is 4.74 Å². The van der Waals surface area contributed by atoms with Gasteiger partial charge in [0.05, 0.1) is 7.11 Å². The van der Waals surface area contributed by atoms with Gasteiger partial charge < -0.3 is 4.74 Å². The van der Waals surface area contributed by atoms with Crippen LogP contribution in [0.3, 0.4) is 0 Å². The Bertz CT molecular complexity index is 391. The topological polar surface area (TPSA) is 29.5 Å². The molecule has 0 saturated carbocycles. The number of aldehydes is 1. The fourth-order valence-corrected chi connectivity index (χ4v) is 2.15. The van der Waals surface area contributed by atoms with Gasteiger partial charge in [-0.15, -0.1) is 0 Å². The highest BCUT2D eigenvalue weighted by atomic mass is 16.5. The van der Waals surface area contributed by atoms with Crippen molar-refractivity contribution in [1.29, 1.82) is 0 Å². The van der Waals surface area contributed by atoms with Crippen molar-refractivity contribution in [2.75, 3.05) is 7.11 Å². The van der Waals surface area contributed by atoms with Crippen LogP contribution < -0.4 is 4.74 Å². The minimum Gasteiger partial charge on any atom is -0.496 e. The summed E-state index contributed by atoms with van der Waals surface area (Å²) in [6, 6.07) is 6.45. The number of ether oxygens (including phenoxy) is 1. The SMILES string of the molecule is COc1ccc(C=O)cc1CN(C(C)C)C(C)C. The van der Waals surface area contributed by atoms with Crippen LogP contribution in [0.15, 0.2) is 18.2 Å². The van der Waals surface area contributed by atoms with E-state index in [-0.39, 0.29) is 0 Å². The summed E-state index contributed by atoms with van der Waals surface area (Å²) in [7, 11) is 1.66. The van der Waals surface area contributed by atoms with Crippen LogP contribution in [0.4, 0.5) is 0 Å². The molecule has 3 nitrogen and oxygen atoms in total. The fraction of sp³-hybridized carbons (Fsp3) is 0.533. The van der Waals surface area contributed by atoms with Gasteiger partial charge in [0, 0.05) is 29.8 Å². The Hall–Kier alpha value is -1.35. The monoisotopic (exact) mass is 249 g/mol. The number of hydrogen-bond donors (Lipinski definition) is 0. The minimum atomic E-state index is 0.453. The Kier molecular flexibility index (Phi) is 5.35. The summed E-state index contributed by atoms with van der Waals surface area (Å²) in [4.78, 5) is 13.2. The number of hydrogen-bond acceptors (Lipinski definition) is 3. The molecule has 0 aliphatic carbocycles. The van der Waals surface area contributed by atoms with E-state index in [1.807, 2.05) is 12.1 Å². The zero-order valence-electron chi connectivity index (χ0n) is 11.9. The zero-order valence-corrected chi connectivity index (χ0v) is 11.9. The molecule has 0 aromatic heterocycles.